The summed E-state index contributed by atoms with van der Waals surface area (Å²) < 4.78 is 26.8. The van der Waals surface area contributed by atoms with Gasteiger partial charge in [0.15, 0.2) is 0 Å². The van der Waals surface area contributed by atoms with Crippen molar-refractivity contribution in [1.82, 2.24) is 9.62 Å². The minimum atomic E-state index is -3.68. The number of sulfonamides is 1. The lowest BCUT2D eigenvalue weighted by Crippen LogP contribution is -2.31. The highest BCUT2D eigenvalue weighted by Crippen LogP contribution is 2.25. The number of nitrogens with zero attached hydrogens (tertiary/aromatic N) is 1. The molecule has 0 saturated carbocycles. The standard InChI is InChI=1S/C20H24Cl2N2O3S/c1-4-19(14-7-9-15(21)10-8-14)23-20(25)17-13-16(11-12-18(17)22)28(26,27)24(5-2)6-3/h7-13,19H,4-6H2,1-3H3,(H,23,25). The van der Waals surface area contributed by atoms with E-state index in [1.807, 2.05) is 19.1 Å². The molecule has 8 heteroatoms. The third-order valence-corrected chi connectivity index (χ3v) is 7.14. The second-order valence-electron chi connectivity index (χ2n) is 6.22. The molecule has 0 bridgehead atoms. The van der Waals surface area contributed by atoms with E-state index < -0.39 is 15.9 Å². The molecular weight excluding hydrogens is 419 g/mol. The molecule has 0 aromatic heterocycles. The van der Waals surface area contributed by atoms with Crippen LogP contribution in [0.3, 0.4) is 0 Å². The molecule has 0 aliphatic heterocycles. The number of carbonyl (C=O) groups excluding carboxylic acids is 1. The molecule has 0 aliphatic carbocycles. The largest absolute Gasteiger partial charge is 0.345 e. The molecular formula is C20H24Cl2N2O3S. The zero-order chi connectivity index (χ0) is 20.9. The minimum Gasteiger partial charge on any atom is -0.345 e. The summed E-state index contributed by atoms with van der Waals surface area (Å²) in [4.78, 5) is 12.9. The van der Waals surface area contributed by atoms with E-state index in [9.17, 15) is 13.2 Å². The molecule has 28 heavy (non-hydrogen) atoms. The maximum atomic E-state index is 12.8. The van der Waals surface area contributed by atoms with Crippen LogP contribution >= 0.6 is 23.2 Å². The van der Waals surface area contributed by atoms with Crippen LogP contribution in [0.25, 0.3) is 0 Å². The molecule has 0 spiro atoms. The van der Waals surface area contributed by atoms with Gasteiger partial charge in [-0.2, -0.15) is 4.31 Å². The van der Waals surface area contributed by atoms with Crippen LogP contribution in [0.15, 0.2) is 47.4 Å². The molecule has 2 rings (SSSR count). The predicted molar refractivity (Wildman–Crippen MR) is 114 cm³/mol. The molecule has 0 heterocycles. The second kappa shape index (κ2) is 9.74. The fraction of sp³-hybridized carbons (Fsp3) is 0.350. The quantitative estimate of drug-likeness (QED) is 0.631. The van der Waals surface area contributed by atoms with Gasteiger partial charge in [-0.25, -0.2) is 8.42 Å². The lowest BCUT2D eigenvalue weighted by atomic mass is 10.0. The number of benzene rings is 2. The van der Waals surface area contributed by atoms with E-state index in [2.05, 4.69) is 5.32 Å². The molecule has 0 radical (unpaired) electrons. The van der Waals surface area contributed by atoms with E-state index in [0.29, 0.717) is 24.5 Å². The number of rotatable bonds is 8. The van der Waals surface area contributed by atoms with Crippen LogP contribution in [0, 0.1) is 0 Å². The van der Waals surface area contributed by atoms with Crippen molar-refractivity contribution in [3.8, 4) is 0 Å². The molecule has 152 valence electrons. The first kappa shape index (κ1) is 22.7. The van der Waals surface area contributed by atoms with Crippen molar-refractivity contribution in [2.24, 2.45) is 0 Å². The smallest absolute Gasteiger partial charge is 0.253 e. The summed E-state index contributed by atoms with van der Waals surface area (Å²) in [6, 6.07) is 11.2. The fourth-order valence-corrected chi connectivity index (χ4v) is 4.72. The van der Waals surface area contributed by atoms with Gasteiger partial charge in [-0.05, 0) is 42.3 Å². The zero-order valence-corrected chi connectivity index (χ0v) is 18.4. The van der Waals surface area contributed by atoms with Gasteiger partial charge in [0, 0.05) is 18.1 Å². The molecule has 0 fully saturated rings. The molecule has 0 aliphatic rings. The van der Waals surface area contributed by atoms with Gasteiger partial charge in [-0.1, -0.05) is 56.1 Å². The number of nitrogens with one attached hydrogen (secondary N) is 1. The van der Waals surface area contributed by atoms with Gasteiger partial charge >= 0.3 is 0 Å². The van der Waals surface area contributed by atoms with Gasteiger partial charge in [0.05, 0.1) is 21.5 Å². The van der Waals surface area contributed by atoms with Crippen LogP contribution in [0.4, 0.5) is 0 Å². The molecule has 0 saturated heterocycles. The summed E-state index contributed by atoms with van der Waals surface area (Å²) >= 11 is 12.1. The average Bonchev–Trinajstić information content (AvgIpc) is 2.67. The van der Waals surface area contributed by atoms with Gasteiger partial charge in [0.25, 0.3) is 5.91 Å². The maximum Gasteiger partial charge on any atom is 0.253 e. The SMILES string of the molecule is CCC(NC(=O)c1cc(S(=O)(=O)N(CC)CC)ccc1Cl)c1ccc(Cl)cc1. The number of hydrogen-bond acceptors (Lipinski definition) is 3. The Morgan fingerprint density at radius 2 is 1.64 bits per heavy atom. The lowest BCUT2D eigenvalue weighted by Gasteiger charge is -2.20. The number of hydrogen-bond donors (Lipinski definition) is 1. The van der Waals surface area contributed by atoms with Crippen molar-refractivity contribution in [1.29, 1.82) is 0 Å². The van der Waals surface area contributed by atoms with E-state index in [1.165, 1.54) is 22.5 Å². The van der Waals surface area contributed by atoms with E-state index in [-0.39, 0.29) is 21.5 Å². The second-order valence-corrected chi connectivity index (χ2v) is 9.00. The van der Waals surface area contributed by atoms with Gasteiger partial charge in [0.1, 0.15) is 0 Å². The Labute approximate surface area is 176 Å². The Morgan fingerprint density at radius 1 is 1.04 bits per heavy atom. The maximum absolute atomic E-state index is 12.8. The van der Waals surface area contributed by atoms with Gasteiger partial charge < -0.3 is 5.32 Å². The molecule has 1 amide bonds. The highest BCUT2D eigenvalue weighted by Gasteiger charge is 2.24. The van der Waals surface area contributed by atoms with Crippen molar-refractivity contribution in [3.63, 3.8) is 0 Å². The van der Waals surface area contributed by atoms with Gasteiger partial charge in [-0.3, -0.25) is 4.79 Å². The minimum absolute atomic E-state index is 0.0466. The van der Waals surface area contributed by atoms with Crippen LogP contribution in [-0.2, 0) is 10.0 Å². The van der Waals surface area contributed by atoms with Crippen LogP contribution in [0.1, 0.15) is 49.2 Å². The summed E-state index contributed by atoms with van der Waals surface area (Å²) in [6.07, 6.45) is 0.655. The van der Waals surface area contributed by atoms with E-state index in [4.69, 9.17) is 23.2 Å². The van der Waals surface area contributed by atoms with E-state index >= 15 is 0 Å². The third-order valence-electron chi connectivity index (χ3n) is 4.51. The number of amides is 1. The summed E-state index contributed by atoms with van der Waals surface area (Å²) in [5.74, 6) is -0.427. The Kier molecular flexibility index (Phi) is 7.89. The van der Waals surface area contributed by atoms with Crippen LogP contribution < -0.4 is 5.32 Å². The van der Waals surface area contributed by atoms with Crippen LogP contribution in [0.2, 0.25) is 10.0 Å². The predicted octanol–water partition coefficient (Wildman–Crippen LogP) is 4.91. The Balaban J connectivity index is 2.33. The first-order valence-electron chi connectivity index (χ1n) is 9.10. The summed E-state index contributed by atoms with van der Waals surface area (Å²) in [7, 11) is -3.68. The van der Waals surface area contributed by atoms with Crippen molar-refractivity contribution in [3.05, 3.63) is 63.6 Å². The normalized spacial score (nSPS) is 12.8. The highest BCUT2D eigenvalue weighted by atomic mass is 35.5. The molecule has 1 atom stereocenters. The highest BCUT2D eigenvalue weighted by molar-refractivity contribution is 7.89. The topological polar surface area (TPSA) is 66.5 Å². The van der Waals surface area contributed by atoms with Crippen LogP contribution in [-0.4, -0.2) is 31.7 Å². The van der Waals surface area contributed by atoms with Crippen molar-refractivity contribution in [2.75, 3.05) is 13.1 Å². The fourth-order valence-electron chi connectivity index (χ4n) is 2.90. The van der Waals surface area contributed by atoms with Crippen molar-refractivity contribution in [2.45, 2.75) is 38.1 Å². The Hall–Kier alpha value is -1.60. The number of carbonyl (C=O) groups is 1. The van der Waals surface area contributed by atoms with Gasteiger partial charge in [0.2, 0.25) is 10.0 Å². The Morgan fingerprint density at radius 3 is 2.18 bits per heavy atom. The Bertz CT molecular complexity index is 927. The van der Waals surface area contributed by atoms with Crippen molar-refractivity contribution < 1.29 is 13.2 Å². The first-order valence-corrected chi connectivity index (χ1v) is 11.3. The lowest BCUT2D eigenvalue weighted by molar-refractivity contribution is 0.0935. The van der Waals surface area contributed by atoms with E-state index in [0.717, 1.165) is 5.56 Å². The molecule has 2 aromatic rings. The van der Waals surface area contributed by atoms with Crippen molar-refractivity contribution >= 4 is 39.1 Å². The number of halogens is 2. The van der Waals surface area contributed by atoms with E-state index in [1.54, 1.807) is 26.0 Å². The summed E-state index contributed by atoms with van der Waals surface area (Å²) in [5.41, 5.74) is 1.03. The molecule has 1 unspecified atom stereocenters. The zero-order valence-electron chi connectivity index (χ0n) is 16.1. The average molecular weight is 443 g/mol. The van der Waals surface area contributed by atoms with Crippen LogP contribution in [0.5, 0.6) is 0 Å². The molecule has 2 aromatic carbocycles. The third kappa shape index (κ3) is 5.06. The summed E-state index contributed by atoms with van der Waals surface area (Å²) in [5, 5.41) is 3.73. The first-order chi connectivity index (χ1) is 13.2. The van der Waals surface area contributed by atoms with Gasteiger partial charge in [-0.15, -0.1) is 0 Å². The monoisotopic (exact) mass is 442 g/mol. The summed E-state index contributed by atoms with van der Waals surface area (Å²) in [6.45, 7) is 6.17. The molecule has 1 N–H and O–H groups in total. The molecule has 5 nitrogen and oxygen atoms in total.